The van der Waals surface area contributed by atoms with Crippen molar-refractivity contribution < 1.29 is 9.72 Å². The highest BCUT2D eigenvalue weighted by Crippen LogP contribution is 2.22. The van der Waals surface area contributed by atoms with E-state index in [1.165, 1.54) is 12.1 Å². The highest BCUT2D eigenvalue weighted by atomic mass is 79.9. The molecule has 0 aromatic heterocycles. The summed E-state index contributed by atoms with van der Waals surface area (Å²) in [5.74, 6) is -0.259. The number of amides is 1. The Kier molecular flexibility index (Phi) is 4.14. The van der Waals surface area contributed by atoms with Gasteiger partial charge >= 0.3 is 0 Å². The lowest BCUT2D eigenvalue weighted by Gasteiger charge is -2.06. The van der Waals surface area contributed by atoms with Crippen LogP contribution in [0.25, 0.3) is 0 Å². The Hall–Kier alpha value is -2.21. The van der Waals surface area contributed by atoms with Crippen molar-refractivity contribution in [3.63, 3.8) is 0 Å². The lowest BCUT2D eigenvalue weighted by molar-refractivity contribution is -0.385. The molecule has 2 aromatic rings. The van der Waals surface area contributed by atoms with Crippen molar-refractivity contribution in [2.45, 2.75) is 6.92 Å². The van der Waals surface area contributed by atoms with Crippen molar-refractivity contribution in [3.8, 4) is 0 Å². The largest absolute Gasteiger partial charge is 0.322 e. The number of carbonyl (C=O) groups is 1. The fraction of sp³-hybridized carbons (Fsp3) is 0.0714. The molecule has 1 N–H and O–H groups in total. The second-order valence-corrected chi connectivity index (χ2v) is 5.14. The first-order valence-corrected chi connectivity index (χ1v) is 6.58. The molecule has 0 aliphatic rings. The molecule has 1 amide bonds. The van der Waals surface area contributed by atoms with Crippen LogP contribution < -0.4 is 5.32 Å². The first-order valence-electron chi connectivity index (χ1n) is 5.79. The third kappa shape index (κ3) is 3.21. The summed E-state index contributed by atoms with van der Waals surface area (Å²) < 4.78 is 0.889. The summed E-state index contributed by atoms with van der Waals surface area (Å²) in [5, 5.41) is 13.4. The van der Waals surface area contributed by atoms with E-state index in [4.69, 9.17) is 0 Å². The summed E-state index contributed by atoms with van der Waals surface area (Å²) in [6.07, 6.45) is 0. The molecule has 0 bridgehead atoms. The van der Waals surface area contributed by atoms with Crippen LogP contribution in [0.15, 0.2) is 46.9 Å². The molecule has 6 heteroatoms. The average Bonchev–Trinajstić information content (AvgIpc) is 2.39. The molecule has 0 heterocycles. The number of hydrogen-bond acceptors (Lipinski definition) is 3. The van der Waals surface area contributed by atoms with Crippen LogP contribution >= 0.6 is 15.9 Å². The average molecular weight is 335 g/mol. The van der Waals surface area contributed by atoms with Gasteiger partial charge in [-0.2, -0.15) is 0 Å². The quantitative estimate of drug-likeness (QED) is 0.683. The number of halogens is 1. The van der Waals surface area contributed by atoms with Gasteiger partial charge in [0.1, 0.15) is 0 Å². The van der Waals surface area contributed by atoms with Crippen LogP contribution in [0.3, 0.4) is 0 Å². The van der Waals surface area contributed by atoms with Crippen molar-refractivity contribution in [2.24, 2.45) is 0 Å². The lowest BCUT2D eigenvalue weighted by atomic mass is 10.1. The summed E-state index contributed by atoms with van der Waals surface area (Å²) in [5.41, 5.74) is 1.58. The molecule has 0 saturated carbocycles. The number of hydrogen-bond donors (Lipinski definition) is 1. The highest BCUT2D eigenvalue weighted by Gasteiger charge is 2.12. The minimum absolute atomic E-state index is 0.0339. The van der Waals surface area contributed by atoms with Gasteiger partial charge in [0.25, 0.3) is 11.6 Å². The van der Waals surface area contributed by atoms with Crippen molar-refractivity contribution in [1.29, 1.82) is 0 Å². The Morgan fingerprint density at radius 2 is 1.85 bits per heavy atom. The SMILES string of the molecule is Cc1cc(NC(=O)c2ccc(Br)cc2)ccc1[N+](=O)[O-]. The minimum Gasteiger partial charge on any atom is -0.322 e. The van der Waals surface area contributed by atoms with Gasteiger partial charge in [-0.05, 0) is 43.3 Å². The Morgan fingerprint density at radius 3 is 2.40 bits per heavy atom. The summed E-state index contributed by atoms with van der Waals surface area (Å²) in [6.45, 7) is 1.63. The second kappa shape index (κ2) is 5.83. The molecule has 0 aliphatic carbocycles. The van der Waals surface area contributed by atoms with Gasteiger partial charge in [0.15, 0.2) is 0 Å². The predicted molar refractivity (Wildman–Crippen MR) is 79.9 cm³/mol. The van der Waals surface area contributed by atoms with E-state index >= 15 is 0 Å². The van der Waals surface area contributed by atoms with Gasteiger partial charge in [0, 0.05) is 27.4 Å². The zero-order valence-electron chi connectivity index (χ0n) is 10.6. The van der Waals surface area contributed by atoms with E-state index < -0.39 is 4.92 Å². The Labute approximate surface area is 123 Å². The molecule has 0 spiro atoms. The number of carbonyl (C=O) groups excluding carboxylic acids is 1. The van der Waals surface area contributed by atoms with E-state index in [-0.39, 0.29) is 11.6 Å². The zero-order valence-corrected chi connectivity index (χ0v) is 12.2. The smallest absolute Gasteiger partial charge is 0.272 e. The van der Waals surface area contributed by atoms with E-state index in [2.05, 4.69) is 21.2 Å². The molecule has 0 unspecified atom stereocenters. The number of nitro benzene ring substituents is 1. The van der Waals surface area contributed by atoms with Crippen LogP contribution in [-0.4, -0.2) is 10.8 Å². The summed E-state index contributed by atoms with van der Waals surface area (Å²) in [7, 11) is 0. The highest BCUT2D eigenvalue weighted by molar-refractivity contribution is 9.10. The van der Waals surface area contributed by atoms with Gasteiger partial charge < -0.3 is 5.32 Å². The number of nitrogens with one attached hydrogen (secondary N) is 1. The summed E-state index contributed by atoms with van der Waals surface area (Å²) in [4.78, 5) is 22.3. The van der Waals surface area contributed by atoms with Crippen LogP contribution in [0.4, 0.5) is 11.4 Å². The fourth-order valence-electron chi connectivity index (χ4n) is 1.74. The summed E-state index contributed by atoms with van der Waals surface area (Å²) in [6, 6.07) is 11.4. The van der Waals surface area contributed by atoms with Crippen LogP contribution in [0.2, 0.25) is 0 Å². The number of benzene rings is 2. The molecular weight excluding hydrogens is 324 g/mol. The van der Waals surface area contributed by atoms with Gasteiger partial charge in [0.05, 0.1) is 4.92 Å². The molecule has 0 aliphatic heterocycles. The molecular formula is C14H11BrN2O3. The summed E-state index contributed by atoms with van der Waals surface area (Å²) >= 11 is 3.30. The molecule has 0 saturated heterocycles. The maximum absolute atomic E-state index is 12.0. The topological polar surface area (TPSA) is 72.2 Å². The minimum atomic E-state index is -0.449. The molecule has 0 radical (unpaired) electrons. The van der Waals surface area contributed by atoms with E-state index in [1.54, 1.807) is 37.3 Å². The maximum atomic E-state index is 12.0. The third-order valence-corrected chi connectivity index (χ3v) is 3.29. The van der Waals surface area contributed by atoms with Crippen molar-refractivity contribution in [2.75, 3.05) is 5.32 Å². The number of nitro groups is 1. The van der Waals surface area contributed by atoms with Gasteiger partial charge in [0.2, 0.25) is 0 Å². The lowest BCUT2D eigenvalue weighted by Crippen LogP contribution is -2.11. The first-order chi connectivity index (χ1) is 9.47. The Bertz CT molecular complexity index is 669. The number of nitrogens with zero attached hydrogens (tertiary/aromatic N) is 1. The van der Waals surface area contributed by atoms with E-state index in [0.29, 0.717) is 16.8 Å². The standard InChI is InChI=1S/C14H11BrN2O3/c1-9-8-12(6-7-13(9)17(19)20)16-14(18)10-2-4-11(15)5-3-10/h2-8H,1H3,(H,16,18). The molecule has 0 fully saturated rings. The zero-order chi connectivity index (χ0) is 14.7. The molecule has 2 aromatic carbocycles. The predicted octanol–water partition coefficient (Wildman–Crippen LogP) is 3.92. The monoisotopic (exact) mass is 334 g/mol. The molecule has 20 heavy (non-hydrogen) atoms. The molecule has 0 atom stereocenters. The number of aryl methyl sites for hydroxylation is 1. The normalized spacial score (nSPS) is 10.1. The van der Waals surface area contributed by atoms with Gasteiger partial charge in [-0.15, -0.1) is 0 Å². The van der Waals surface area contributed by atoms with Crippen molar-refractivity contribution in [3.05, 3.63) is 68.2 Å². The fourth-order valence-corrected chi connectivity index (χ4v) is 2.01. The van der Waals surface area contributed by atoms with Gasteiger partial charge in [-0.1, -0.05) is 15.9 Å². The van der Waals surface area contributed by atoms with Crippen LogP contribution in [0, 0.1) is 17.0 Å². The van der Waals surface area contributed by atoms with E-state index in [9.17, 15) is 14.9 Å². The molecule has 2 rings (SSSR count). The van der Waals surface area contributed by atoms with E-state index in [0.717, 1.165) is 4.47 Å². The van der Waals surface area contributed by atoms with Gasteiger partial charge in [-0.25, -0.2) is 0 Å². The molecule has 102 valence electrons. The van der Waals surface area contributed by atoms with Crippen LogP contribution in [0.5, 0.6) is 0 Å². The van der Waals surface area contributed by atoms with Crippen molar-refractivity contribution in [1.82, 2.24) is 0 Å². The first kappa shape index (κ1) is 14.2. The number of anilines is 1. The van der Waals surface area contributed by atoms with Crippen molar-refractivity contribution >= 4 is 33.2 Å². The van der Waals surface area contributed by atoms with Crippen LogP contribution in [0.1, 0.15) is 15.9 Å². The second-order valence-electron chi connectivity index (χ2n) is 4.22. The Morgan fingerprint density at radius 1 is 1.20 bits per heavy atom. The maximum Gasteiger partial charge on any atom is 0.272 e. The van der Waals surface area contributed by atoms with Gasteiger partial charge in [-0.3, -0.25) is 14.9 Å². The third-order valence-electron chi connectivity index (χ3n) is 2.76. The van der Waals surface area contributed by atoms with E-state index in [1.807, 2.05) is 0 Å². The van der Waals surface area contributed by atoms with Crippen LogP contribution in [-0.2, 0) is 0 Å². The number of rotatable bonds is 3. The molecule has 5 nitrogen and oxygen atoms in total. The Balaban J connectivity index is 2.18.